The highest BCUT2D eigenvalue weighted by Gasteiger charge is 2.26. The van der Waals surface area contributed by atoms with Crippen molar-refractivity contribution in [3.8, 4) is 0 Å². The molecule has 1 unspecified atom stereocenters. The number of nitrogens with zero attached hydrogens (tertiary/aromatic N) is 4. The number of rotatable bonds is 4. The molecule has 122 valence electrons. The summed E-state index contributed by atoms with van der Waals surface area (Å²) in [6, 6.07) is 2.08. The number of aryl methyl sites for hydroxylation is 1. The van der Waals surface area contributed by atoms with Crippen LogP contribution in [0.3, 0.4) is 0 Å². The fourth-order valence-electron chi connectivity index (χ4n) is 2.90. The number of carbonyl (C=O) groups excluding carboxylic acids is 1. The number of hydrogen-bond acceptors (Lipinski definition) is 6. The second kappa shape index (κ2) is 6.76. The number of nitrogens with one attached hydrogen (secondary N) is 1. The molecule has 23 heavy (non-hydrogen) atoms. The Morgan fingerprint density at radius 2 is 2.17 bits per heavy atom. The van der Waals surface area contributed by atoms with Gasteiger partial charge < -0.3 is 14.7 Å². The Morgan fingerprint density at radius 1 is 1.39 bits per heavy atom. The summed E-state index contributed by atoms with van der Waals surface area (Å²) in [6.07, 6.45) is 7.44. The number of amides is 1. The van der Waals surface area contributed by atoms with Crippen molar-refractivity contribution in [2.24, 2.45) is 0 Å². The molecular weight excluding hydrogens is 294 g/mol. The van der Waals surface area contributed by atoms with Crippen LogP contribution in [-0.4, -0.2) is 38.5 Å². The molecule has 0 aliphatic carbocycles. The van der Waals surface area contributed by atoms with Crippen LogP contribution < -0.4 is 5.32 Å². The summed E-state index contributed by atoms with van der Waals surface area (Å²) in [5, 5.41) is 6.76. The van der Waals surface area contributed by atoms with Gasteiger partial charge in [0, 0.05) is 31.0 Å². The summed E-state index contributed by atoms with van der Waals surface area (Å²) < 4.78 is 4.97. The van der Waals surface area contributed by atoms with Gasteiger partial charge >= 0.3 is 0 Å². The van der Waals surface area contributed by atoms with E-state index in [0.717, 1.165) is 25.8 Å². The number of piperidine rings is 1. The van der Waals surface area contributed by atoms with Gasteiger partial charge in [-0.3, -0.25) is 4.79 Å². The molecule has 1 N–H and O–H groups in total. The fourth-order valence-corrected chi connectivity index (χ4v) is 2.90. The van der Waals surface area contributed by atoms with Gasteiger partial charge in [0.25, 0.3) is 5.91 Å². The van der Waals surface area contributed by atoms with E-state index in [1.54, 1.807) is 18.5 Å². The van der Waals surface area contributed by atoms with Gasteiger partial charge in [-0.2, -0.15) is 0 Å². The molecular formula is C16H21N5O2. The number of likely N-dealkylation sites (tertiary alicyclic amines) is 1. The van der Waals surface area contributed by atoms with E-state index in [0.29, 0.717) is 29.1 Å². The lowest BCUT2D eigenvalue weighted by Gasteiger charge is -2.35. The lowest BCUT2D eigenvalue weighted by Crippen LogP contribution is -2.43. The van der Waals surface area contributed by atoms with Crippen LogP contribution in [0.2, 0.25) is 0 Å². The number of aromatic nitrogens is 3. The zero-order valence-corrected chi connectivity index (χ0v) is 13.5. The Bertz CT molecular complexity index is 667. The largest absolute Gasteiger partial charge is 0.360 e. The van der Waals surface area contributed by atoms with Crippen LogP contribution in [0.5, 0.6) is 0 Å². The molecule has 0 spiro atoms. The number of hydrogen-bond donors (Lipinski definition) is 1. The van der Waals surface area contributed by atoms with E-state index >= 15 is 0 Å². The monoisotopic (exact) mass is 315 g/mol. The van der Waals surface area contributed by atoms with Gasteiger partial charge in [0.05, 0.1) is 5.56 Å². The van der Waals surface area contributed by atoms with Crippen molar-refractivity contribution in [3.05, 3.63) is 29.8 Å². The van der Waals surface area contributed by atoms with Crippen LogP contribution >= 0.6 is 0 Å². The molecule has 1 aliphatic rings. The summed E-state index contributed by atoms with van der Waals surface area (Å²) in [5.74, 6) is 1.65. The van der Waals surface area contributed by atoms with Crippen molar-refractivity contribution in [1.29, 1.82) is 0 Å². The van der Waals surface area contributed by atoms with Gasteiger partial charge in [0.2, 0.25) is 5.95 Å². The predicted octanol–water partition coefficient (Wildman–Crippen LogP) is 2.92. The molecule has 7 heteroatoms. The Kier molecular flexibility index (Phi) is 4.55. The predicted molar refractivity (Wildman–Crippen MR) is 85.5 cm³/mol. The lowest BCUT2D eigenvalue weighted by molar-refractivity contribution is 0.0607. The van der Waals surface area contributed by atoms with E-state index in [1.165, 1.54) is 6.42 Å². The van der Waals surface area contributed by atoms with Crippen molar-refractivity contribution in [3.63, 3.8) is 0 Å². The van der Waals surface area contributed by atoms with Crippen molar-refractivity contribution in [2.45, 2.75) is 45.6 Å². The zero-order valence-electron chi connectivity index (χ0n) is 13.5. The van der Waals surface area contributed by atoms with E-state index in [9.17, 15) is 4.79 Å². The summed E-state index contributed by atoms with van der Waals surface area (Å²) in [5.41, 5.74) is 0.521. The van der Waals surface area contributed by atoms with Gasteiger partial charge in [0.1, 0.15) is 5.76 Å². The first-order valence-corrected chi connectivity index (χ1v) is 8.00. The molecule has 2 aromatic heterocycles. The maximum Gasteiger partial charge on any atom is 0.257 e. The van der Waals surface area contributed by atoms with Gasteiger partial charge in [-0.1, -0.05) is 12.1 Å². The molecule has 0 aromatic carbocycles. The van der Waals surface area contributed by atoms with Gasteiger partial charge in [-0.05, 0) is 32.6 Å². The molecule has 1 saturated heterocycles. The highest BCUT2D eigenvalue weighted by molar-refractivity contribution is 5.94. The van der Waals surface area contributed by atoms with E-state index in [4.69, 9.17) is 4.52 Å². The third-order valence-electron chi connectivity index (χ3n) is 4.13. The lowest BCUT2D eigenvalue weighted by atomic mass is 9.99. The first kappa shape index (κ1) is 15.5. The average molecular weight is 315 g/mol. The first-order valence-electron chi connectivity index (χ1n) is 8.00. The van der Waals surface area contributed by atoms with E-state index in [2.05, 4.69) is 27.4 Å². The molecule has 2 aromatic rings. The van der Waals surface area contributed by atoms with Crippen molar-refractivity contribution in [2.75, 3.05) is 11.9 Å². The number of carbonyl (C=O) groups is 1. The van der Waals surface area contributed by atoms with Crippen molar-refractivity contribution < 1.29 is 9.32 Å². The SMILES string of the molecule is CCC1CCCCN1C(=O)c1cnc(Nc2cc(C)on2)nc1. The Morgan fingerprint density at radius 3 is 2.83 bits per heavy atom. The first-order chi connectivity index (χ1) is 11.2. The van der Waals surface area contributed by atoms with Gasteiger partial charge in [-0.25, -0.2) is 9.97 Å². The highest BCUT2D eigenvalue weighted by atomic mass is 16.5. The van der Waals surface area contributed by atoms with E-state index in [1.807, 2.05) is 11.8 Å². The van der Waals surface area contributed by atoms with Gasteiger partial charge in [-0.15, -0.1) is 0 Å². The molecule has 0 bridgehead atoms. The Balaban J connectivity index is 1.69. The normalized spacial score (nSPS) is 18.0. The second-order valence-corrected chi connectivity index (χ2v) is 5.80. The van der Waals surface area contributed by atoms with Crippen LogP contribution in [-0.2, 0) is 0 Å². The molecule has 1 fully saturated rings. The molecule has 3 rings (SSSR count). The minimum Gasteiger partial charge on any atom is -0.360 e. The molecule has 1 atom stereocenters. The highest BCUT2D eigenvalue weighted by Crippen LogP contribution is 2.21. The molecule has 0 radical (unpaired) electrons. The zero-order chi connectivity index (χ0) is 16.2. The van der Waals surface area contributed by atoms with Crippen LogP contribution in [0.4, 0.5) is 11.8 Å². The Labute approximate surface area is 135 Å². The molecule has 3 heterocycles. The summed E-state index contributed by atoms with van der Waals surface area (Å²) in [6.45, 7) is 4.75. The van der Waals surface area contributed by atoms with E-state index < -0.39 is 0 Å². The summed E-state index contributed by atoms with van der Waals surface area (Å²) in [4.78, 5) is 23.0. The third-order valence-corrected chi connectivity index (χ3v) is 4.13. The molecule has 1 aliphatic heterocycles. The van der Waals surface area contributed by atoms with Crippen LogP contribution in [0, 0.1) is 6.92 Å². The smallest absolute Gasteiger partial charge is 0.257 e. The van der Waals surface area contributed by atoms with Crippen LogP contribution in [0.15, 0.2) is 23.0 Å². The Hall–Kier alpha value is -2.44. The van der Waals surface area contributed by atoms with Crippen molar-refractivity contribution >= 4 is 17.7 Å². The van der Waals surface area contributed by atoms with Gasteiger partial charge in [0.15, 0.2) is 5.82 Å². The average Bonchev–Trinajstić information content (AvgIpc) is 3.00. The molecule has 7 nitrogen and oxygen atoms in total. The number of anilines is 2. The maximum absolute atomic E-state index is 12.6. The molecule has 0 saturated carbocycles. The second-order valence-electron chi connectivity index (χ2n) is 5.80. The standard InChI is InChI=1S/C16H21N5O2/c1-3-13-6-4-5-7-21(13)15(22)12-9-17-16(18-10-12)19-14-8-11(2)23-20-14/h8-10,13H,3-7H2,1-2H3,(H,17,18,19,20). The topological polar surface area (TPSA) is 84.2 Å². The fraction of sp³-hybridized carbons (Fsp3) is 0.500. The minimum atomic E-state index is 0.0142. The van der Waals surface area contributed by atoms with Crippen molar-refractivity contribution in [1.82, 2.24) is 20.0 Å². The summed E-state index contributed by atoms with van der Waals surface area (Å²) in [7, 11) is 0. The van der Waals surface area contributed by atoms with E-state index in [-0.39, 0.29) is 5.91 Å². The van der Waals surface area contributed by atoms with Crippen LogP contribution in [0.1, 0.15) is 48.7 Å². The summed E-state index contributed by atoms with van der Waals surface area (Å²) >= 11 is 0. The minimum absolute atomic E-state index is 0.0142. The quantitative estimate of drug-likeness (QED) is 0.934. The maximum atomic E-state index is 12.6. The van der Waals surface area contributed by atoms with Crippen LogP contribution in [0.25, 0.3) is 0 Å². The molecule has 1 amide bonds. The third kappa shape index (κ3) is 3.49.